The SMILES string of the molecule is CC(C)COc1ccccc1NC1CC2CCC1C2. The van der Waals surface area contributed by atoms with Gasteiger partial charge in [0.05, 0.1) is 12.3 Å². The fourth-order valence-corrected chi connectivity index (χ4v) is 3.59. The number of fused-ring (bicyclic) bond motifs is 2. The van der Waals surface area contributed by atoms with Crippen LogP contribution in [0.5, 0.6) is 5.75 Å². The molecule has 104 valence electrons. The topological polar surface area (TPSA) is 21.3 Å². The lowest BCUT2D eigenvalue weighted by molar-refractivity contribution is 0.272. The van der Waals surface area contributed by atoms with Crippen molar-refractivity contribution in [1.82, 2.24) is 0 Å². The van der Waals surface area contributed by atoms with E-state index < -0.39 is 0 Å². The monoisotopic (exact) mass is 259 g/mol. The van der Waals surface area contributed by atoms with Crippen molar-refractivity contribution < 1.29 is 4.74 Å². The molecule has 0 amide bonds. The van der Waals surface area contributed by atoms with Crippen molar-refractivity contribution in [2.24, 2.45) is 17.8 Å². The van der Waals surface area contributed by atoms with E-state index in [1.807, 2.05) is 0 Å². The Kier molecular flexibility index (Phi) is 3.67. The molecule has 1 aromatic rings. The van der Waals surface area contributed by atoms with Crippen molar-refractivity contribution in [3.63, 3.8) is 0 Å². The second-order valence-corrected chi connectivity index (χ2v) is 6.63. The Hall–Kier alpha value is -1.18. The number of benzene rings is 1. The minimum absolute atomic E-state index is 0.565. The summed E-state index contributed by atoms with van der Waals surface area (Å²) in [4.78, 5) is 0. The molecule has 0 saturated heterocycles. The standard InChI is InChI=1S/C17H25NO/c1-12(2)11-19-17-6-4-3-5-15(17)18-16-10-13-7-8-14(16)9-13/h3-6,12-14,16,18H,7-11H2,1-2H3. The van der Waals surface area contributed by atoms with Crippen LogP contribution in [0.25, 0.3) is 0 Å². The van der Waals surface area contributed by atoms with Crippen LogP contribution in [0.1, 0.15) is 39.5 Å². The summed E-state index contributed by atoms with van der Waals surface area (Å²) >= 11 is 0. The summed E-state index contributed by atoms with van der Waals surface area (Å²) in [5, 5.41) is 3.74. The van der Waals surface area contributed by atoms with Gasteiger partial charge in [-0.25, -0.2) is 0 Å². The summed E-state index contributed by atoms with van der Waals surface area (Å²) < 4.78 is 5.93. The number of nitrogens with one attached hydrogen (secondary N) is 1. The molecule has 1 aromatic carbocycles. The van der Waals surface area contributed by atoms with Crippen LogP contribution >= 0.6 is 0 Å². The number of para-hydroxylation sites is 2. The summed E-state index contributed by atoms with van der Waals surface area (Å²) in [6, 6.07) is 9.06. The fourth-order valence-electron chi connectivity index (χ4n) is 3.59. The van der Waals surface area contributed by atoms with Crippen molar-refractivity contribution in [2.75, 3.05) is 11.9 Å². The van der Waals surface area contributed by atoms with E-state index in [9.17, 15) is 0 Å². The Balaban J connectivity index is 1.66. The average Bonchev–Trinajstić information content (AvgIpc) is 3.00. The molecule has 3 rings (SSSR count). The molecule has 2 nitrogen and oxygen atoms in total. The number of ether oxygens (including phenoxy) is 1. The quantitative estimate of drug-likeness (QED) is 0.850. The van der Waals surface area contributed by atoms with Crippen molar-refractivity contribution in [3.05, 3.63) is 24.3 Å². The lowest BCUT2D eigenvalue weighted by atomic mass is 9.95. The Morgan fingerprint density at radius 3 is 2.74 bits per heavy atom. The van der Waals surface area contributed by atoms with Crippen LogP contribution in [-0.4, -0.2) is 12.6 Å². The third-order valence-corrected chi connectivity index (χ3v) is 4.54. The van der Waals surface area contributed by atoms with Crippen LogP contribution in [0.15, 0.2) is 24.3 Å². The lowest BCUT2D eigenvalue weighted by Crippen LogP contribution is -2.26. The number of rotatable bonds is 5. The molecule has 2 aliphatic carbocycles. The molecule has 2 bridgehead atoms. The van der Waals surface area contributed by atoms with Crippen LogP contribution in [0, 0.1) is 17.8 Å². The van der Waals surface area contributed by atoms with E-state index in [4.69, 9.17) is 4.74 Å². The second-order valence-electron chi connectivity index (χ2n) is 6.63. The van der Waals surface area contributed by atoms with E-state index in [0.717, 1.165) is 24.2 Å². The molecule has 2 heteroatoms. The van der Waals surface area contributed by atoms with Gasteiger partial charge in [-0.05, 0) is 49.1 Å². The highest BCUT2D eigenvalue weighted by Crippen LogP contribution is 2.46. The summed E-state index contributed by atoms with van der Waals surface area (Å²) in [7, 11) is 0. The first-order chi connectivity index (χ1) is 9.22. The summed E-state index contributed by atoms with van der Waals surface area (Å²) in [6.45, 7) is 5.16. The third kappa shape index (κ3) is 2.88. The van der Waals surface area contributed by atoms with Crippen LogP contribution < -0.4 is 10.1 Å². The van der Waals surface area contributed by atoms with Gasteiger partial charge in [0.2, 0.25) is 0 Å². The van der Waals surface area contributed by atoms with Gasteiger partial charge in [0.1, 0.15) is 5.75 Å². The van der Waals surface area contributed by atoms with Gasteiger partial charge >= 0.3 is 0 Å². The van der Waals surface area contributed by atoms with Crippen molar-refractivity contribution in [3.8, 4) is 5.75 Å². The predicted octanol–water partition coefficient (Wildman–Crippen LogP) is 4.32. The maximum Gasteiger partial charge on any atom is 0.142 e. The first-order valence-electron chi connectivity index (χ1n) is 7.70. The smallest absolute Gasteiger partial charge is 0.142 e. The molecular formula is C17H25NO. The molecule has 0 aliphatic heterocycles. The Labute approximate surface area is 116 Å². The number of anilines is 1. The van der Waals surface area contributed by atoms with Gasteiger partial charge in [0, 0.05) is 6.04 Å². The average molecular weight is 259 g/mol. The molecule has 2 saturated carbocycles. The van der Waals surface area contributed by atoms with E-state index in [-0.39, 0.29) is 0 Å². The minimum atomic E-state index is 0.565. The first-order valence-corrected chi connectivity index (χ1v) is 7.70. The highest BCUT2D eigenvalue weighted by atomic mass is 16.5. The molecule has 1 N–H and O–H groups in total. The van der Waals surface area contributed by atoms with Gasteiger partial charge in [-0.15, -0.1) is 0 Å². The molecule has 3 atom stereocenters. The summed E-state index contributed by atoms with van der Waals surface area (Å²) in [5.74, 6) is 3.45. The normalized spacial score (nSPS) is 28.9. The van der Waals surface area contributed by atoms with E-state index >= 15 is 0 Å². The number of hydrogen-bond acceptors (Lipinski definition) is 2. The zero-order valence-corrected chi connectivity index (χ0v) is 12.1. The Bertz CT molecular complexity index is 429. The Morgan fingerprint density at radius 2 is 2.05 bits per heavy atom. The molecule has 2 fully saturated rings. The van der Waals surface area contributed by atoms with Gasteiger partial charge in [-0.3, -0.25) is 0 Å². The van der Waals surface area contributed by atoms with Crippen molar-refractivity contribution in [1.29, 1.82) is 0 Å². The third-order valence-electron chi connectivity index (χ3n) is 4.54. The molecule has 0 spiro atoms. The number of hydrogen-bond donors (Lipinski definition) is 1. The largest absolute Gasteiger partial charge is 0.491 e. The molecule has 0 radical (unpaired) electrons. The van der Waals surface area contributed by atoms with Gasteiger partial charge in [0.25, 0.3) is 0 Å². The van der Waals surface area contributed by atoms with Gasteiger partial charge < -0.3 is 10.1 Å². The van der Waals surface area contributed by atoms with E-state index in [0.29, 0.717) is 12.0 Å². The molecule has 0 heterocycles. The van der Waals surface area contributed by atoms with E-state index in [1.54, 1.807) is 0 Å². The molecule has 3 unspecified atom stereocenters. The zero-order chi connectivity index (χ0) is 13.2. The summed E-state index contributed by atoms with van der Waals surface area (Å²) in [5.41, 5.74) is 1.18. The van der Waals surface area contributed by atoms with Crippen LogP contribution in [0.2, 0.25) is 0 Å². The maximum atomic E-state index is 5.93. The molecule has 2 aliphatic rings. The minimum Gasteiger partial charge on any atom is -0.491 e. The molecule has 19 heavy (non-hydrogen) atoms. The van der Waals surface area contributed by atoms with Crippen molar-refractivity contribution in [2.45, 2.75) is 45.6 Å². The van der Waals surface area contributed by atoms with Crippen LogP contribution in [0.4, 0.5) is 5.69 Å². The highest BCUT2D eigenvalue weighted by molar-refractivity contribution is 5.57. The van der Waals surface area contributed by atoms with E-state index in [2.05, 4.69) is 43.4 Å². The van der Waals surface area contributed by atoms with Crippen LogP contribution in [-0.2, 0) is 0 Å². The summed E-state index contributed by atoms with van der Waals surface area (Å²) in [6.07, 6.45) is 5.65. The van der Waals surface area contributed by atoms with Gasteiger partial charge in [-0.2, -0.15) is 0 Å². The molecule has 0 aromatic heterocycles. The predicted molar refractivity (Wildman–Crippen MR) is 79.6 cm³/mol. The highest BCUT2D eigenvalue weighted by Gasteiger charge is 2.39. The Morgan fingerprint density at radius 1 is 1.21 bits per heavy atom. The van der Waals surface area contributed by atoms with Gasteiger partial charge in [-0.1, -0.05) is 32.4 Å². The van der Waals surface area contributed by atoms with E-state index in [1.165, 1.54) is 31.4 Å². The maximum absolute atomic E-state index is 5.93. The van der Waals surface area contributed by atoms with Crippen molar-refractivity contribution >= 4 is 5.69 Å². The van der Waals surface area contributed by atoms with Crippen LogP contribution in [0.3, 0.4) is 0 Å². The second kappa shape index (κ2) is 5.44. The lowest BCUT2D eigenvalue weighted by Gasteiger charge is -2.25. The van der Waals surface area contributed by atoms with Gasteiger partial charge in [0.15, 0.2) is 0 Å². The molecular weight excluding hydrogens is 234 g/mol. The first kappa shape index (κ1) is 12.8. The zero-order valence-electron chi connectivity index (χ0n) is 12.1. The fraction of sp³-hybridized carbons (Fsp3) is 0.647.